The monoisotopic (exact) mass is 300 g/mol. The Labute approximate surface area is 126 Å². The third-order valence-electron chi connectivity index (χ3n) is 4.58. The second kappa shape index (κ2) is 5.85. The summed E-state index contributed by atoms with van der Waals surface area (Å²) in [5, 5.41) is 14.9. The van der Waals surface area contributed by atoms with Crippen molar-refractivity contribution < 1.29 is 10.0 Å². The molecule has 2 aliphatic rings. The van der Waals surface area contributed by atoms with Gasteiger partial charge in [0.1, 0.15) is 0 Å². The number of carbonyl (C=O) groups excluding carboxylic acids is 1. The van der Waals surface area contributed by atoms with Crippen LogP contribution in [0.25, 0.3) is 0 Å². The van der Waals surface area contributed by atoms with Gasteiger partial charge >= 0.3 is 0 Å². The van der Waals surface area contributed by atoms with Crippen molar-refractivity contribution >= 4 is 17.7 Å². The number of hydrogen-bond acceptors (Lipinski definition) is 4. The van der Waals surface area contributed by atoms with Gasteiger partial charge in [0.05, 0.1) is 0 Å². The van der Waals surface area contributed by atoms with E-state index >= 15 is 0 Å². The fraction of sp³-hybridized carbons (Fsp3) is 0.933. The number of hydrogen-bond donors (Lipinski definition) is 2. The van der Waals surface area contributed by atoms with Crippen LogP contribution < -0.4 is 5.32 Å². The Morgan fingerprint density at radius 2 is 1.65 bits per heavy atom. The van der Waals surface area contributed by atoms with Crippen molar-refractivity contribution in [1.82, 2.24) is 10.4 Å². The second-order valence-electron chi connectivity index (χ2n) is 7.44. The molecule has 4 nitrogen and oxygen atoms in total. The van der Waals surface area contributed by atoms with E-state index in [-0.39, 0.29) is 22.9 Å². The Hall–Kier alpha value is -0.260. The molecule has 0 aromatic carbocycles. The van der Waals surface area contributed by atoms with E-state index in [1.807, 2.05) is 39.5 Å². The van der Waals surface area contributed by atoms with E-state index in [4.69, 9.17) is 0 Å². The maximum Gasteiger partial charge on any atom is 0.223 e. The average Bonchev–Trinajstić information content (AvgIpc) is 2.36. The van der Waals surface area contributed by atoms with Gasteiger partial charge in [0, 0.05) is 23.0 Å². The van der Waals surface area contributed by atoms with Crippen molar-refractivity contribution in [2.45, 2.75) is 70.5 Å². The number of nitrogens with zero attached hydrogens (tertiary/aromatic N) is 1. The van der Waals surface area contributed by atoms with E-state index in [0.29, 0.717) is 18.9 Å². The van der Waals surface area contributed by atoms with Gasteiger partial charge in [-0.2, -0.15) is 16.8 Å². The number of thioether (sulfide) groups is 1. The lowest BCUT2D eigenvalue weighted by atomic mass is 9.75. The highest BCUT2D eigenvalue weighted by Gasteiger charge is 2.47. The van der Waals surface area contributed by atoms with Crippen molar-refractivity contribution in [3.8, 4) is 0 Å². The maximum absolute atomic E-state index is 12.5. The van der Waals surface area contributed by atoms with E-state index in [2.05, 4.69) is 5.32 Å². The summed E-state index contributed by atoms with van der Waals surface area (Å²) < 4.78 is 0. The molecule has 2 rings (SSSR count). The molecule has 2 fully saturated rings. The Morgan fingerprint density at radius 3 is 2.15 bits per heavy atom. The van der Waals surface area contributed by atoms with Crippen LogP contribution in [-0.4, -0.2) is 44.8 Å². The van der Waals surface area contributed by atoms with Crippen LogP contribution in [0, 0.1) is 5.92 Å². The number of nitrogens with one attached hydrogen (secondary N) is 1. The molecule has 0 bridgehead atoms. The quantitative estimate of drug-likeness (QED) is 0.823. The minimum Gasteiger partial charge on any atom is -0.353 e. The van der Waals surface area contributed by atoms with Gasteiger partial charge in [-0.15, -0.1) is 0 Å². The molecule has 0 saturated carbocycles. The van der Waals surface area contributed by atoms with Crippen LogP contribution >= 0.6 is 11.8 Å². The lowest BCUT2D eigenvalue weighted by Gasteiger charge is -2.51. The van der Waals surface area contributed by atoms with Gasteiger partial charge in [-0.05, 0) is 64.9 Å². The zero-order chi connectivity index (χ0) is 15.0. The standard InChI is InChI=1S/C15H28N2O2S/c1-14(2)9-11(10-15(3,4)17(14)19)13(18)16-12-5-7-20-8-6-12/h11-12,19H,5-10H2,1-4H3,(H,16,18). The number of amides is 1. The van der Waals surface area contributed by atoms with Gasteiger partial charge in [-0.3, -0.25) is 4.79 Å². The zero-order valence-corrected chi connectivity index (χ0v) is 13.9. The molecular weight excluding hydrogens is 272 g/mol. The Kier molecular flexibility index (Phi) is 4.72. The highest BCUT2D eigenvalue weighted by atomic mass is 32.2. The van der Waals surface area contributed by atoms with Crippen LogP contribution in [0.15, 0.2) is 0 Å². The van der Waals surface area contributed by atoms with Crippen LogP contribution in [0.1, 0.15) is 53.4 Å². The predicted molar refractivity (Wildman–Crippen MR) is 83.0 cm³/mol. The lowest BCUT2D eigenvalue weighted by Crippen LogP contribution is -2.61. The van der Waals surface area contributed by atoms with Crippen molar-refractivity contribution in [3.05, 3.63) is 0 Å². The van der Waals surface area contributed by atoms with Gasteiger partial charge in [-0.25, -0.2) is 0 Å². The van der Waals surface area contributed by atoms with Crippen LogP contribution in [0.2, 0.25) is 0 Å². The fourth-order valence-corrected chi connectivity index (χ4v) is 4.72. The second-order valence-corrected chi connectivity index (χ2v) is 8.66. The molecule has 0 radical (unpaired) electrons. The van der Waals surface area contributed by atoms with E-state index in [9.17, 15) is 10.0 Å². The highest BCUT2D eigenvalue weighted by Crippen LogP contribution is 2.40. The van der Waals surface area contributed by atoms with Gasteiger partial charge in [0.25, 0.3) is 0 Å². The van der Waals surface area contributed by atoms with E-state index in [1.54, 1.807) is 0 Å². The molecule has 116 valence electrons. The Balaban J connectivity index is 1.99. The zero-order valence-electron chi connectivity index (χ0n) is 13.1. The molecule has 0 aromatic rings. The molecule has 2 heterocycles. The third kappa shape index (κ3) is 3.49. The smallest absolute Gasteiger partial charge is 0.223 e. The first-order valence-electron chi connectivity index (χ1n) is 7.60. The van der Waals surface area contributed by atoms with Crippen LogP contribution in [0.4, 0.5) is 0 Å². The summed E-state index contributed by atoms with van der Waals surface area (Å²) in [6.45, 7) is 8.02. The summed E-state index contributed by atoms with van der Waals surface area (Å²) >= 11 is 1.97. The molecule has 0 spiro atoms. The Bertz CT molecular complexity index is 347. The number of piperidine rings is 1. The summed E-state index contributed by atoms with van der Waals surface area (Å²) in [5.41, 5.74) is -0.710. The molecule has 0 aromatic heterocycles. The van der Waals surface area contributed by atoms with E-state index < -0.39 is 0 Å². The van der Waals surface area contributed by atoms with E-state index in [1.165, 1.54) is 5.06 Å². The van der Waals surface area contributed by atoms with Gasteiger partial charge in [0.15, 0.2) is 0 Å². The number of carbonyl (C=O) groups is 1. The average molecular weight is 300 g/mol. The first kappa shape index (κ1) is 16.1. The van der Waals surface area contributed by atoms with Gasteiger partial charge in [0.2, 0.25) is 5.91 Å². The number of hydroxylamine groups is 2. The van der Waals surface area contributed by atoms with Gasteiger partial charge < -0.3 is 10.5 Å². The van der Waals surface area contributed by atoms with Gasteiger partial charge in [-0.1, -0.05) is 0 Å². The predicted octanol–water partition coefficient (Wildman–Crippen LogP) is 2.66. The van der Waals surface area contributed by atoms with Crippen molar-refractivity contribution in [2.24, 2.45) is 5.92 Å². The van der Waals surface area contributed by atoms with Crippen molar-refractivity contribution in [3.63, 3.8) is 0 Å². The summed E-state index contributed by atoms with van der Waals surface area (Å²) in [6, 6.07) is 0.349. The Morgan fingerprint density at radius 1 is 1.15 bits per heavy atom. The molecule has 20 heavy (non-hydrogen) atoms. The molecule has 0 aliphatic carbocycles. The highest BCUT2D eigenvalue weighted by molar-refractivity contribution is 7.99. The number of rotatable bonds is 2. The molecule has 0 atom stereocenters. The summed E-state index contributed by atoms with van der Waals surface area (Å²) in [5.74, 6) is 2.47. The molecule has 2 saturated heterocycles. The third-order valence-corrected chi connectivity index (χ3v) is 5.63. The normalized spacial score (nSPS) is 28.2. The van der Waals surface area contributed by atoms with Crippen LogP contribution in [0.3, 0.4) is 0 Å². The molecule has 2 N–H and O–H groups in total. The lowest BCUT2D eigenvalue weighted by molar-refractivity contribution is -0.249. The first-order valence-corrected chi connectivity index (χ1v) is 8.75. The maximum atomic E-state index is 12.5. The molecular formula is C15H28N2O2S. The largest absolute Gasteiger partial charge is 0.353 e. The van der Waals surface area contributed by atoms with Crippen molar-refractivity contribution in [2.75, 3.05) is 11.5 Å². The SMILES string of the molecule is CC1(C)CC(C(=O)NC2CCSCC2)CC(C)(C)N1O. The molecule has 1 amide bonds. The summed E-state index contributed by atoms with van der Waals surface area (Å²) in [4.78, 5) is 12.5. The topological polar surface area (TPSA) is 52.6 Å². The summed E-state index contributed by atoms with van der Waals surface area (Å²) in [6.07, 6.45) is 3.59. The molecule has 0 unspecified atom stereocenters. The van der Waals surface area contributed by atoms with Crippen LogP contribution in [0.5, 0.6) is 0 Å². The van der Waals surface area contributed by atoms with Crippen LogP contribution in [-0.2, 0) is 4.79 Å². The minimum absolute atomic E-state index is 0.00187. The van der Waals surface area contributed by atoms with Crippen molar-refractivity contribution in [1.29, 1.82) is 0 Å². The van der Waals surface area contributed by atoms with E-state index in [0.717, 1.165) is 24.3 Å². The molecule has 2 aliphatic heterocycles. The fourth-order valence-electron chi connectivity index (χ4n) is 3.62. The first-order chi connectivity index (χ1) is 9.22. The molecule has 5 heteroatoms. The minimum atomic E-state index is -0.355. The summed E-state index contributed by atoms with van der Waals surface area (Å²) in [7, 11) is 0.